The third-order valence-electron chi connectivity index (χ3n) is 4.56. The van der Waals surface area contributed by atoms with Gasteiger partial charge in [-0.15, -0.1) is 0 Å². The van der Waals surface area contributed by atoms with Crippen molar-refractivity contribution in [1.29, 1.82) is 0 Å². The minimum atomic E-state index is -1.18. The second-order valence-corrected chi connectivity index (χ2v) is 6.39. The van der Waals surface area contributed by atoms with Crippen molar-refractivity contribution in [2.45, 2.75) is 25.2 Å². The van der Waals surface area contributed by atoms with Crippen LogP contribution >= 0.6 is 11.6 Å². The fourth-order valence-electron chi connectivity index (χ4n) is 2.91. The van der Waals surface area contributed by atoms with Gasteiger partial charge in [-0.1, -0.05) is 54.9 Å². The van der Waals surface area contributed by atoms with Gasteiger partial charge in [-0.3, -0.25) is 9.59 Å². The van der Waals surface area contributed by atoms with Crippen LogP contribution in [0.15, 0.2) is 48.5 Å². The molecule has 0 saturated heterocycles. The van der Waals surface area contributed by atoms with E-state index in [-0.39, 0.29) is 18.9 Å². The zero-order valence-electron chi connectivity index (χ0n) is 14.8. The van der Waals surface area contributed by atoms with E-state index in [9.17, 15) is 14.7 Å². The van der Waals surface area contributed by atoms with Gasteiger partial charge in [0.25, 0.3) is 0 Å². The highest BCUT2D eigenvalue weighted by Gasteiger charge is 2.39. The molecule has 138 valence electrons. The molecule has 0 aliphatic rings. The fourth-order valence-corrected chi connectivity index (χ4v) is 3.15. The number of benzene rings is 2. The number of carbonyl (C=O) groups is 2. The Hall–Kier alpha value is -2.53. The Morgan fingerprint density at radius 1 is 1.15 bits per heavy atom. The summed E-state index contributed by atoms with van der Waals surface area (Å²) >= 11 is 6.16. The topological polar surface area (TPSA) is 75.6 Å². The zero-order valence-corrected chi connectivity index (χ0v) is 15.5. The highest BCUT2D eigenvalue weighted by Crippen LogP contribution is 2.29. The standard InChI is InChI=1S/C20H22ClNO4/c1-3-20(19(24)25,14-8-5-4-6-9-14)13-22-18(23)12-15-16(21)10-7-11-17(15)26-2/h4-11H,3,12-13H2,1-2H3,(H,22,23)(H,24,25). The number of nitrogens with one attached hydrogen (secondary N) is 1. The molecule has 0 fully saturated rings. The van der Waals surface area contributed by atoms with E-state index in [1.807, 2.05) is 6.07 Å². The van der Waals surface area contributed by atoms with Gasteiger partial charge in [-0.25, -0.2) is 0 Å². The third kappa shape index (κ3) is 4.17. The first kappa shape index (κ1) is 19.8. The van der Waals surface area contributed by atoms with Gasteiger partial charge < -0.3 is 15.2 Å². The number of rotatable bonds is 8. The van der Waals surface area contributed by atoms with Crippen LogP contribution in [0.5, 0.6) is 5.75 Å². The molecular formula is C20H22ClNO4. The van der Waals surface area contributed by atoms with Crippen molar-refractivity contribution in [2.75, 3.05) is 13.7 Å². The van der Waals surface area contributed by atoms with Crippen molar-refractivity contribution >= 4 is 23.5 Å². The number of halogens is 1. The summed E-state index contributed by atoms with van der Waals surface area (Å²) in [5.41, 5.74) is 0.0542. The van der Waals surface area contributed by atoms with Crippen LogP contribution in [-0.2, 0) is 21.4 Å². The van der Waals surface area contributed by atoms with Crippen molar-refractivity contribution in [3.8, 4) is 5.75 Å². The Morgan fingerprint density at radius 3 is 2.42 bits per heavy atom. The molecule has 0 heterocycles. The molecule has 26 heavy (non-hydrogen) atoms. The summed E-state index contributed by atoms with van der Waals surface area (Å²) in [7, 11) is 1.51. The summed E-state index contributed by atoms with van der Waals surface area (Å²) in [6.45, 7) is 1.79. The quantitative estimate of drug-likeness (QED) is 0.741. The van der Waals surface area contributed by atoms with E-state index in [0.29, 0.717) is 28.3 Å². The van der Waals surface area contributed by atoms with Crippen LogP contribution < -0.4 is 10.1 Å². The molecule has 0 aliphatic carbocycles. The van der Waals surface area contributed by atoms with E-state index in [1.54, 1.807) is 49.4 Å². The Morgan fingerprint density at radius 2 is 1.85 bits per heavy atom. The molecule has 1 unspecified atom stereocenters. The van der Waals surface area contributed by atoms with E-state index in [2.05, 4.69) is 5.32 Å². The summed E-state index contributed by atoms with van der Waals surface area (Å²) in [5, 5.41) is 13.0. The Kier molecular flexibility index (Phi) is 6.64. The average Bonchev–Trinajstić information content (AvgIpc) is 2.65. The van der Waals surface area contributed by atoms with Gasteiger partial charge >= 0.3 is 5.97 Å². The number of carboxylic acids is 1. The largest absolute Gasteiger partial charge is 0.496 e. The lowest BCUT2D eigenvalue weighted by Crippen LogP contribution is -2.46. The molecule has 0 radical (unpaired) electrons. The van der Waals surface area contributed by atoms with Crippen LogP contribution in [0.2, 0.25) is 5.02 Å². The van der Waals surface area contributed by atoms with Crippen molar-refractivity contribution in [3.63, 3.8) is 0 Å². The first-order valence-corrected chi connectivity index (χ1v) is 8.69. The Bertz CT molecular complexity index is 779. The van der Waals surface area contributed by atoms with Crippen LogP contribution in [0.3, 0.4) is 0 Å². The van der Waals surface area contributed by atoms with E-state index in [0.717, 1.165) is 0 Å². The lowest BCUT2D eigenvalue weighted by molar-refractivity contribution is -0.144. The maximum atomic E-state index is 12.4. The minimum Gasteiger partial charge on any atom is -0.496 e. The van der Waals surface area contributed by atoms with E-state index in [4.69, 9.17) is 16.3 Å². The molecule has 6 heteroatoms. The van der Waals surface area contributed by atoms with Crippen molar-refractivity contribution < 1.29 is 19.4 Å². The molecule has 5 nitrogen and oxygen atoms in total. The van der Waals surface area contributed by atoms with Crippen LogP contribution in [0, 0.1) is 0 Å². The van der Waals surface area contributed by atoms with Crippen molar-refractivity contribution in [1.82, 2.24) is 5.32 Å². The summed E-state index contributed by atoms with van der Waals surface area (Å²) in [6, 6.07) is 14.1. The van der Waals surface area contributed by atoms with Crippen LogP contribution in [-0.4, -0.2) is 30.6 Å². The summed E-state index contributed by atoms with van der Waals surface area (Å²) in [5.74, 6) is -0.760. The van der Waals surface area contributed by atoms with Crippen LogP contribution in [0.1, 0.15) is 24.5 Å². The highest BCUT2D eigenvalue weighted by atomic mass is 35.5. The molecule has 0 bridgehead atoms. The first-order valence-electron chi connectivity index (χ1n) is 8.31. The molecule has 2 rings (SSSR count). The van der Waals surface area contributed by atoms with E-state index < -0.39 is 11.4 Å². The SMILES string of the molecule is CCC(CNC(=O)Cc1c(Cl)cccc1OC)(C(=O)O)c1ccccc1. The molecule has 0 spiro atoms. The molecule has 0 saturated carbocycles. The van der Waals surface area contributed by atoms with Gasteiger partial charge in [0, 0.05) is 17.1 Å². The van der Waals surface area contributed by atoms with E-state index in [1.165, 1.54) is 7.11 Å². The second-order valence-electron chi connectivity index (χ2n) is 5.98. The van der Waals surface area contributed by atoms with Gasteiger partial charge in [-0.05, 0) is 24.1 Å². The number of aliphatic carboxylic acids is 1. The van der Waals surface area contributed by atoms with Gasteiger partial charge in [0.1, 0.15) is 11.2 Å². The number of hydrogen-bond acceptors (Lipinski definition) is 3. The monoisotopic (exact) mass is 375 g/mol. The summed E-state index contributed by atoms with van der Waals surface area (Å²) in [4.78, 5) is 24.4. The molecule has 1 amide bonds. The van der Waals surface area contributed by atoms with Crippen LogP contribution in [0.4, 0.5) is 0 Å². The summed E-state index contributed by atoms with van der Waals surface area (Å²) in [6.07, 6.45) is 0.360. The predicted octanol–water partition coefficient (Wildman–Crippen LogP) is 3.44. The van der Waals surface area contributed by atoms with Gasteiger partial charge in [0.2, 0.25) is 5.91 Å². The van der Waals surface area contributed by atoms with Crippen LogP contribution in [0.25, 0.3) is 0 Å². The Labute approximate surface area is 157 Å². The first-order chi connectivity index (χ1) is 12.4. The van der Waals surface area contributed by atoms with Crippen molar-refractivity contribution in [2.24, 2.45) is 0 Å². The number of carboxylic acid groups (broad SMARTS) is 1. The predicted molar refractivity (Wildman–Crippen MR) is 101 cm³/mol. The molecule has 2 N–H and O–H groups in total. The number of amides is 1. The maximum Gasteiger partial charge on any atom is 0.315 e. The molecular weight excluding hydrogens is 354 g/mol. The molecule has 0 aliphatic heterocycles. The van der Waals surface area contributed by atoms with Gasteiger partial charge in [0.05, 0.1) is 13.5 Å². The molecule has 1 atom stereocenters. The average molecular weight is 376 g/mol. The Balaban J connectivity index is 2.17. The highest BCUT2D eigenvalue weighted by molar-refractivity contribution is 6.31. The molecule has 0 aromatic heterocycles. The van der Waals surface area contributed by atoms with Gasteiger partial charge in [-0.2, -0.15) is 0 Å². The number of carbonyl (C=O) groups excluding carboxylic acids is 1. The zero-order chi connectivity index (χ0) is 19.2. The molecule has 2 aromatic rings. The minimum absolute atomic E-state index is 0.00551. The number of ether oxygens (including phenoxy) is 1. The maximum absolute atomic E-state index is 12.4. The smallest absolute Gasteiger partial charge is 0.315 e. The summed E-state index contributed by atoms with van der Waals surface area (Å²) < 4.78 is 5.24. The van der Waals surface area contributed by atoms with E-state index >= 15 is 0 Å². The normalized spacial score (nSPS) is 12.9. The third-order valence-corrected chi connectivity index (χ3v) is 4.91. The lowest BCUT2D eigenvalue weighted by Gasteiger charge is -2.29. The lowest BCUT2D eigenvalue weighted by atomic mass is 9.78. The second kappa shape index (κ2) is 8.72. The fraction of sp³-hybridized carbons (Fsp3) is 0.300. The molecule has 2 aromatic carbocycles. The number of hydrogen-bond donors (Lipinski definition) is 2. The van der Waals surface area contributed by atoms with Crippen molar-refractivity contribution in [3.05, 3.63) is 64.7 Å². The number of methoxy groups -OCH3 is 1. The van der Waals surface area contributed by atoms with Gasteiger partial charge in [0.15, 0.2) is 0 Å².